The third kappa shape index (κ3) is 3.62. The second-order valence-electron chi connectivity index (χ2n) is 5.67. The maximum atomic E-state index is 13.2. The highest BCUT2D eigenvalue weighted by Crippen LogP contribution is 2.31. The molecule has 0 radical (unpaired) electrons. The van der Waals surface area contributed by atoms with Crippen LogP contribution in [0.3, 0.4) is 0 Å². The molecule has 0 spiro atoms. The van der Waals surface area contributed by atoms with E-state index in [2.05, 4.69) is 22.0 Å². The molecule has 5 heteroatoms. The summed E-state index contributed by atoms with van der Waals surface area (Å²) >= 11 is 3.45. The number of methoxy groups -OCH3 is 1. The van der Waals surface area contributed by atoms with E-state index in [1.165, 1.54) is 5.56 Å². The lowest BCUT2D eigenvalue weighted by atomic mass is 10.0. The fraction of sp³-hybridized carbons (Fsp3) is 0.316. The van der Waals surface area contributed by atoms with Gasteiger partial charge in [0.15, 0.2) is 0 Å². The molecule has 0 N–H and O–H groups in total. The molecular weight excluding hydrogens is 370 g/mol. The van der Waals surface area contributed by atoms with Crippen LogP contribution in [0.5, 0.6) is 5.75 Å². The molecule has 1 aliphatic heterocycles. The van der Waals surface area contributed by atoms with Gasteiger partial charge in [0, 0.05) is 23.8 Å². The molecule has 0 fully saturated rings. The number of nitrogens with zero attached hydrogens (tertiary/aromatic N) is 1. The first-order chi connectivity index (χ1) is 11.7. The van der Waals surface area contributed by atoms with E-state index >= 15 is 0 Å². The number of aryl methyl sites for hydroxylation is 1. The second-order valence-corrected chi connectivity index (χ2v) is 6.59. The Hall–Kier alpha value is -1.85. The van der Waals surface area contributed by atoms with Crippen LogP contribution in [-0.2, 0) is 11.2 Å². The van der Waals surface area contributed by atoms with Crippen molar-refractivity contribution in [2.45, 2.75) is 12.8 Å². The number of hydrogen-bond acceptors (Lipinski definition) is 3. The first-order valence-electron chi connectivity index (χ1n) is 8.02. The van der Waals surface area contributed by atoms with Gasteiger partial charge in [-0.25, -0.2) is 0 Å². The van der Waals surface area contributed by atoms with E-state index in [-0.39, 0.29) is 5.91 Å². The van der Waals surface area contributed by atoms with Crippen molar-refractivity contribution in [3.63, 3.8) is 0 Å². The predicted octanol–water partition coefficient (Wildman–Crippen LogP) is 4.07. The van der Waals surface area contributed by atoms with Crippen LogP contribution in [0.4, 0.5) is 5.69 Å². The maximum Gasteiger partial charge on any atom is 0.262 e. The predicted molar refractivity (Wildman–Crippen MR) is 98.0 cm³/mol. The molecule has 4 nitrogen and oxygen atoms in total. The molecular formula is C19H20BrNO3. The van der Waals surface area contributed by atoms with Gasteiger partial charge < -0.3 is 14.4 Å². The van der Waals surface area contributed by atoms with Gasteiger partial charge in [-0.3, -0.25) is 4.79 Å². The van der Waals surface area contributed by atoms with Crippen molar-refractivity contribution in [1.82, 2.24) is 0 Å². The minimum atomic E-state index is -0.0316. The highest BCUT2D eigenvalue weighted by Gasteiger charge is 2.25. The standard InChI is InChI=1S/C19H20BrNO3/c1-23-11-12-24-18-9-8-15(20)13-16(18)19(22)21-10-4-6-14-5-2-3-7-17(14)21/h2-3,5,7-9,13H,4,6,10-12H2,1H3. The van der Waals surface area contributed by atoms with Crippen molar-refractivity contribution in [2.75, 3.05) is 31.8 Å². The highest BCUT2D eigenvalue weighted by atomic mass is 79.9. The monoisotopic (exact) mass is 389 g/mol. The van der Waals surface area contributed by atoms with Gasteiger partial charge in [0.1, 0.15) is 12.4 Å². The summed E-state index contributed by atoms with van der Waals surface area (Å²) in [5.41, 5.74) is 2.78. The van der Waals surface area contributed by atoms with Crippen LogP contribution >= 0.6 is 15.9 Å². The SMILES string of the molecule is COCCOc1ccc(Br)cc1C(=O)N1CCCc2ccccc21. The molecule has 1 aliphatic rings. The van der Waals surface area contributed by atoms with E-state index in [0.717, 1.165) is 29.5 Å². The Kier molecular flexibility index (Phi) is 5.53. The van der Waals surface area contributed by atoms with Crippen LogP contribution in [0.25, 0.3) is 0 Å². The normalized spacial score (nSPS) is 13.5. The average Bonchev–Trinajstić information content (AvgIpc) is 2.62. The molecule has 3 rings (SSSR count). The molecule has 24 heavy (non-hydrogen) atoms. The Bertz CT molecular complexity index is 732. The van der Waals surface area contributed by atoms with Gasteiger partial charge in [-0.05, 0) is 42.7 Å². The highest BCUT2D eigenvalue weighted by molar-refractivity contribution is 9.10. The van der Waals surface area contributed by atoms with Crippen LogP contribution in [0.1, 0.15) is 22.3 Å². The van der Waals surface area contributed by atoms with Gasteiger partial charge in [0.05, 0.1) is 12.2 Å². The molecule has 0 saturated carbocycles. The Balaban J connectivity index is 1.91. The van der Waals surface area contributed by atoms with Crippen molar-refractivity contribution >= 4 is 27.5 Å². The summed E-state index contributed by atoms with van der Waals surface area (Å²) in [5.74, 6) is 0.555. The number of carbonyl (C=O) groups excluding carboxylic acids is 1. The number of halogens is 1. The molecule has 2 aromatic rings. The minimum absolute atomic E-state index is 0.0316. The zero-order valence-corrected chi connectivity index (χ0v) is 15.2. The molecule has 0 aliphatic carbocycles. The van der Waals surface area contributed by atoms with Crippen LogP contribution in [0.2, 0.25) is 0 Å². The summed E-state index contributed by atoms with van der Waals surface area (Å²) in [4.78, 5) is 15.0. The van der Waals surface area contributed by atoms with Gasteiger partial charge in [-0.2, -0.15) is 0 Å². The third-order valence-electron chi connectivity index (χ3n) is 4.07. The fourth-order valence-corrected chi connectivity index (χ4v) is 3.28. The Morgan fingerprint density at radius 2 is 2.04 bits per heavy atom. The van der Waals surface area contributed by atoms with E-state index in [4.69, 9.17) is 9.47 Å². The summed E-state index contributed by atoms with van der Waals surface area (Å²) in [6.07, 6.45) is 1.98. The quantitative estimate of drug-likeness (QED) is 0.723. The van der Waals surface area contributed by atoms with Crippen molar-refractivity contribution in [3.8, 4) is 5.75 Å². The zero-order valence-electron chi connectivity index (χ0n) is 13.6. The molecule has 0 unspecified atom stereocenters. The molecule has 0 atom stereocenters. The number of fused-ring (bicyclic) bond motifs is 1. The van der Waals surface area contributed by atoms with Gasteiger partial charge in [-0.1, -0.05) is 34.1 Å². The van der Waals surface area contributed by atoms with Crippen molar-refractivity contribution in [1.29, 1.82) is 0 Å². The number of amides is 1. The molecule has 0 bridgehead atoms. The first-order valence-corrected chi connectivity index (χ1v) is 8.81. The van der Waals surface area contributed by atoms with Gasteiger partial charge in [0.25, 0.3) is 5.91 Å². The van der Waals surface area contributed by atoms with Crippen LogP contribution < -0.4 is 9.64 Å². The molecule has 0 aromatic heterocycles. The Morgan fingerprint density at radius 1 is 1.21 bits per heavy atom. The molecule has 0 saturated heterocycles. The number of carbonyl (C=O) groups is 1. The number of para-hydroxylation sites is 1. The zero-order chi connectivity index (χ0) is 16.9. The lowest BCUT2D eigenvalue weighted by Crippen LogP contribution is -2.35. The Labute approximate surface area is 150 Å². The van der Waals surface area contributed by atoms with Crippen molar-refractivity contribution in [3.05, 3.63) is 58.1 Å². The average molecular weight is 390 g/mol. The van der Waals surface area contributed by atoms with Gasteiger partial charge >= 0.3 is 0 Å². The maximum absolute atomic E-state index is 13.2. The lowest BCUT2D eigenvalue weighted by Gasteiger charge is -2.30. The van der Waals surface area contributed by atoms with E-state index < -0.39 is 0 Å². The summed E-state index contributed by atoms with van der Waals surface area (Å²) in [7, 11) is 1.63. The van der Waals surface area contributed by atoms with Gasteiger partial charge in [0.2, 0.25) is 0 Å². The number of benzene rings is 2. The fourth-order valence-electron chi connectivity index (χ4n) is 2.92. The summed E-state index contributed by atoms with van der Waals surface area (Å²) in [5, 5.41) is 0. The number of hydrogen-bond donors (Lipinski definition) is 0. The van der Waals surface area contributed by atoms with E-state index in [1.54, 1.807) is 7.11 Å². The molecule has 1 heterocycles. The van der Waals surface area contributed by atoms with E-state index in [9.17, 15) is 4.79 Å². The largest absolute Gasteiger partial charge is 0.490 e. The minimum Gasteiger partial charge on any atom is -0.490 e. The lowest BCUT2D eigenvalue weighted by molar-refractivity contribution is 0.0977. The van der Waals surface area contributed by atoms with Crippen LogP contribution in [-0.4, -0.2) is 32.8 Å². The van der Waals surface area contributed by atoms with Crippen molar-refractivity contribution < 1.29 is 14.3 Å². The number of anilines is 1. The second kappa shape index (κ2) is 7.81. The summed E-state index contributed by atoms with van der Waals surface area (Å²) in [6, 6.07) is 13.6. The topological polar surface area (TPSA) is 38.8 Å². The molecule has 2 aromatic carbocycles. The third-order valence-corrected chi connectivity index (χ3v) is 4.57. The Morgan fingerprint density at radius 3 is 2.88 bits per heavy atom. The number of ether oxygens (including phenoxy) is 2. The van der Waals surface area contributed by atoms with Crippen LogP contribution in [0, 0.1) is 0 Å². The molecule has 126 valence electrons. The number of rotatable bonds is 5. The summed E-state index contributed by atoms with van der Waals surface area (Å²) in [6.45, 7) is 1.62. The van der Waals surface area contributed by atoms with E-state index in [0.29, 0.717) is 24.5 Å². The van der Waals surface area contributed by atoms with E-state index in [1.807, 2.05) is 41.3 Å². The summed E-state index contributed by atoms with van der Waals surface area (Å²) < 4.78 is 11.6. The first kappa shape index (κ1) is 17.0. The smallest absolute Gasteiger partial charge is 0.262 e. The van der Waals surface area contributed by atoms with Crippen molar-refractivity contribution in [2.24, 2.45) is 0 Å². The molecule has 1 amide bonds. The van der Waals surface area contributed by atoms with Crippen LogP contribution in [0.15, 0.2) is 46.9 Å². The van der Waals surface area contributed by atoms with Gasteiger partial charge in [-0.15, -0.1) is 0 Å².